The molecule has 0 atom stereocenters. The van der Waals surface area contributed by atoms with E-state index in [1.54, 1.807) is 31.4 Å². The number of oxazole rings is 1. The lowest BCUT2D eigenvalue weighted by atomic mass is 10.2. The molecule has 0 aliphatic carbocycles. The first-order valence-corrected chi connectivity index (χ1v) is 5.58. The average molecular weight is 262 g/mol. The predicted molar refractivity (Wildman–Crippen MR) is 67.6 cm³/mol. The second kappa shape index (κ2) is 5.53. The second-order valence-corrected chi connectivity index (χ2v) is 3.75. The van der Waals surface area contributed by atoms with E-state index >= 15 is 0 Å². The number of amides is 1. The van der Waals surface area contributed by atoms with Crippen LogP contribution in [0.5, 0.6) is 5.75 Å². The summed E-state index contributed by atoms with van der Waals surface area (Å²) in [5, 5.41) is 1.08. The number of carbonyl (C=O) groups is 1. The first-order valence-electron chi connectivity index (χ1n) is 5.58. The summed E-state index contributed by atoms with van der Waals surface area (Å²) in [6.45, 7) is 0. The first-order chi connectivity index (χ1) is 9.15. The SMILES string of the molecule is COc1ccc(-c2nc(C(=O)N(C)OC)co2)cc1. The lowest BCUT2D eigenvalue weighted by Gasteiger charge is -2.10. The summed E-state index contributed by atoms with van der Waals surface area (Å²) in [5.41, 5.74) is 0.954. The Kier molecular flexibility index (Phi) is 3.82. The number of hydroxylamine groups is 2. The molecular weight excluding hydrogens is 248 g/mol. The van der Waals surface area contributed by atoms with Crippen molar-refractivity contribution in [3.8, 4) is 17.2 Å². The zero-order valence-corrected chi connectivity index (χ0v) is 10.9. The van der Waals surface area contributed by atoms with Gasteiger partial charge in [-0.1, -0.05) is 0 Å². The summed E-state index contributed by atoms with van der Waals surface area (Å²) in [6.07, 6.45) is 1.30. The Labute approximate surface area is 110 Å². The van der Waals surface area contributed by atoms with Gasteiger partial charge in [-0.3, -0.25) is 9.63 Å². The fraction of sp³-hybridized carbons (Fsp3) is 0.231. The van der Waals surface area contributed by atoms with Gasteiger partial charge < -0.3 is 9.15 Å². The Morgan fingerprint density at radius 1 is 1.26 bits per heavy atom. The quantitative estimate of drug-likeness (QED) is 0.788. The fourth-order valence-electron chi connectivity index (χ4n) is 1.48. The number of rotatable bonds is 4. The molecule has 0 unspecified atom stereocenters. The van der Waals surface area contributed by atoms with Crippen LogP contribution in [0.15, 0.2) is 34.9 Å². The van der Waals surface area contributed by atoms with Gasteiger partial charge in [-0.25, -0.2) is 10.0 Å². The second-order valence-electron chi connectivity index (χ2n) is 3.75. The zero-order valence-electron chi connectivity index (χ0n) is 10.9. The molecule has 0 fully saturated rings. The van der Waals surface area contributed by atoms with Crippen LogP contribution in [-0.4, -0.2) is 37.2 Å². The van der Waals surface area contributed by atoms with E-state index in [0.717, 1.165) is 16.4 Å². The van der Waals surface area contributed by atoms with Crippen LogP contribution in [0.4, 0.5) is 0 Å². The lowest BCUT2D eigenvalue weighted by Crippen LogP contribution is -2.25. The highest BCUT2D eigenvalue weighted by molar-refractivity contribution is 5.91. The Hall–Kier alpha value is -2.34. The molecule has 0 saturated heterocycles. The third-order valence-corrected chi connectivity index (χ3v) is 2.62. The Balaban J connectivity index is 2.22. The normalized spacial score (nSPS) is 10.3. The molecule has 0 spiro atoms. The van der Waals surface area contributed by atoms with Gasteiger partial charge in [0.1, 0.15) is 12.0 Å². The van der Waals surface area contributed by atoms with Gasteiger partial charge in [-0.2, -0.15) is 0 Å². The van der Waals surface area contributed by atoms with E-state index < -0.39 is 0 Å². The standard InChI is InChI=1S/C13H14N2O4/c1-15(18-3)13(16)11-8-19-12(14-11)9-4-6-10(17-2)7-5-9/h4-8H,1-3H3. The summed E-state index contributed by atoms with van der Waals surface area (Å²) in [4.78, 5) is 20.7. The molecule has 0 aliphatic heterocycles. The van der Waals surface area contributed by atoms with Crippen LogP contribution < -0.4 is 4.74 Å². The minimum Gasteiger partial charge on any atom is -0.497 e. The van der Waals surface area contributed by atoms with E-state index in [1.807, 2.05) is 0 Å². The molecule has 0 bridgehead atoms. The number of carbonyl (C=O) groups excluding carboxylic acids is 1. The van der Waals surface area contributed by atoms with Crippen molar-refractivity contribution in [1.29, 1.82) is 0 Å². The molecule has 2 aromatic rings. The Morgan fingerprint density at radius 2 is 1.95 bits per heavy atom. The molecule has 1 heterocycles. The van der Waals surface area contributed by atoms with E-state index in [0.29, 0.717) is 5.89 Å². The molecule has 0 N–H and O–H groups in total. The predicted octanol–water partition coefficient (Wildman–Crippen LogP) is 1.98. The van der Waals surface area contributed by atoms with Gasteiger partial charge in [0, 0.05) is 12.6 Å². The minimum absolute atomic E-state index is 0.190. The van der Waals surface area contributed by atoms with Crippen molar-refractivity contribution in [3.05, 3.63) is 36.2 Å². The van der Waals surface area contributed by atoms with Crippen molar-refractivity contribution >= 4 is 5.91 Å². The molecule has 1 aromatic carbocycles. The summed E-state index contributed by atoms with van der Waals surface area (Å²) in [5.74, 6) is 0.743. The topological polar surface area (TPSA) is 64.8 Å². The highest BCUT2D eigenvalue weighted by Gasteiger charge is 2.17. The van der Waals surface area contributed by atoms with E-state index in [9.17, 15) is 4.79 Å². The van der Waals surface area contributed by atoms with Crippen LogP contribution >= 0.6 is 0 Å². The minimum atomic E-state index is -0.369. The number of hydrogen-bond acceptors (Lipinski definition) is 5. The fourth-order valence-corrected chi connectivity index (χ4v) is 1.48. The van der Waals surface area contributed by atoms with Crippen molar-refractivity contribution in [2.45, 2.75) is 0 Å². The van der Waals surface area contributed by atoms with Crippen LogP contribution in [0, 0.1) is 0 Å². The van der Waals surface area contributed by atoms with Gasteiger partial charge in [-0.05, 0) is 24.3 Å². The molecule has 100 valence electrons. The lowest BCUT2D eigenvalue weighted by molar-refractivity contribution is -0.0760. The van der Waals surface area contributed by atoms with Crippen molar-refractivity contribution in [2.24, 2.45) is 0 Å². The molecule has 0 radical (unpaired) electrons. The van der Waals surface area contributed by atoms with Gasteiger partial charge in [0.25, 0.3) is 5.91 Å². The average Bonchev–Trinajstić information content (AvgIpc) is 2.95. The van der Waals surface area contributed by atoms with Gasteiger partial charge in [0.2, 0.25) is 5.89 Å². The maximum absolute atomic E-state index is 11.8. The number of benzene rings is 1. The van der Waals surface area contributed by atoms with E-state index in [1.165, 1.54) is 20.4 Å². The summed E-state index contributed by atoms with van der Waals surface area (Å²) >= 11 is 0. The molecule has 0 saturated carbocycles. The molecule has 2 rings (SSSR count). The van der Waals surface area contributed by atoms with Crippen LogP contribution in [0.25, 0.3) is 11.5 Å². The molecule has 19 heavy (non-hydrogen) atoms. The summed E-state index contributed by atoms with van der Waals surface area (Å²) in [6, 6.07) is 7.20. The van der Waals surface area contributed by atoms with E-state index in [2.05, 4.69) is 4.98 Å². The summed E-state index contributed by atoms with van der Waals surface area (Å²) < 4.78 is 10.4. The molecule has 1 amide bonds. The van der Waals surface area contributed by atoms with Crippen molar-refractivity contribution in [3.63, 3.8) is 0 Å². The highest BCUT2D eigenvalue weighted by Crippen LogP contribution is 2.22. The zero-order chi connectivity index (χ0) is 13.8. The third-order valence-electron chi connectivity index (χ3n) is 2.62. The number of ether oxygens (including phenoxy) is 1. The van der Waals surface area contributed by atoms with E-state index in [-0.39, 0.29) is 11.6 Å². The van der Waals surface area contributed by atoms with Gasteiger partial charge in [0.15, 0.2) is 5.69 Å². The van der Waals surface area contributed by atoms with Crippen LogP contribution in [0.1, 0.15) is 10.5 Å². The van der Waals surface area contributed by atoms with Crippen LogP contribution in [-0.2, 0) is 4.84 Å². The molecule has 6 nitrogen and oxygen atoms in total. The number of aromatic nitrogens is 1. The molecule has 0 aliphatic rings. The molecule has 1 aromatic heterocycles. The largest absolute Gasteiger partial charge is 0.497 e. The van der Waals surface area contributed by atoms with Crippen molar-refractivity contribution in [1.82, 2.24) is 10.0 Å². The number of nitrogens with zero attached hydrogens (tertiary/aromatic N) is 2. The Morgan fingerprint density at radius 3 is 2.53 bits per heavy atom. The molecular formula is C13H14N2O4. The smallest absolute Gasteiger partial charge is 0.299 e. The van der Waals surface area contributed by atoms with E-state index in [4.69, 9.17) is 14.0 Å². The van der Waals surface area contributed by atoms with Crippen molar-refractivity contribution in [2.75, 3.05) is 21.3 Å². The van der Waals surface area contributed by atoms with Crippen LogP contribution in [0.2, 0.25) is 0 Å². The van der Waals surface area contributed by atoms with Crippen LogP contribution in [0.3, 0.4) is 0 Å². The maximum Gasteiger partial charge on any atom is 0.299 e. The summed E-state index contributed by atoms with van der Waals surface area (Å²) in [7, 11) is 4.50. The van der Waals surface area contributed by atoms with Gasteiger partial charge >= 0.3 is 0 Å². The molecule has 6 heteroatoms. The van der Waals surface area contributed by atoms with Gasteiger partial charge in [0.05, 0.1) is 14.2 Å². The highest BCUT2D eigenvalue weighted by atomic mass is 16.7. The Bertz CT molecular complexity index is 562. The van der Waals surface area contributed by atoms with Crippen molar-refractivity contribution < 1.29 is 18.8 Å². The third kappa shape index (κ3) is 2.74. The number of methoxy groups -OCH3 is 1. The first kappa shape index (κ1) is 13.1. The maximum atomic E-state index is 11.8. The number of hydrogen-bond donors (Lipinski definition) is 0. The van der Waals surface area contributed by atoms with Gasteiger partial charge in [-0.15, -0.1) is 0 Å². The monoisotopic (exact) mass is 262 g/mol.